The molecule has 15 heavy (non-hydrogen) atoms. The quantitative estimate of drug-likeness (QED) is 0.744. The van der Waals surface area contributed by atoms with Crippen molar-refractivity contribution >= 4 is 23.1 Å². The van der Waals surface area contributed by atoms with Gasteiger partial charge < -0.3 is 9.90 Å². The molecular formula is C11H9O3S-. The van der Waals surface area contributed by atoms with Crippen LogP contribution in [0.1, 0.15) is 24.3 Å². The first kappa shape index (κ1) is 10.1. The summed E-state index contributed by atoms with van der Waals surface area (Å²) < 4.78 is 0. The van der Waals surface area contributed by atoms with Crippen molar-refractivity contribution in [3.05, 3.63) is 34.0 Å². The number of hydrogen-bond donors (Lipinski definition) is 0. The van der Waals surface area contributed by atoms with Crippen LogP contribution in [-0.2, 0) is 9.59 Å². The fraction of sp³-hybridized carbons (Fsp3) is 0.273. The Morgan fingerprint density at radius 2 is 2.33 bits per heavy atom. The second-order valence-electron chi connectivity index (χ2n) is 3.50. The molecule has 0 saturated carbocycles. The van der Waals surface area contributed by atoms with Gasteiger partial charge in [0.25, 0.3) is 0 Å². The summed E-state index contributed by atoms with van der Waals surface area (Å²) in [6.45, 7) is 0. The highest BCUT2D eigenvalue weighted by Gasteiger charge is 2.23. The van der Waals surface area contributed by atoms with E-state index < -0.39 is 5.97 Å². The van der Waals surface area contributed by atoms with Crippen molar-refractivity contribution in [2.45, 2.75) is 18.8 Å². The highest BCUT2D eigenvalue weighted by molar-refractivity contribution is 7.08. The Labute approximate surface area is 91.0 Å². The molecule has 3 nitrogen and oxygen atoms in total. The molecule has 1 atom stereocenters. The van der Waals surface area contributed by atoms with Gasteiger partial charge in [0.1, 0.15) is 0 Å². The van der Waals surface area contributed by atoms with Gasteiger partial charge in [0.2, 0.25) is 0 Å². The minimum atomic E-state index is -1.24. The number of carbonyl (C=O) groups excluding carboxylic acids is 2. The first-order valence-electron chi connectivity index (χ1n) is 4.66. The molecule has 0 saturated heterocycles. The molecule has 1 unspecified atom stereocenters. The fourth-order valence-electron chi connectivity index (χ4n) is 1.81. The van der Waals surface area contributed by atoms with Crippen molar-refractivity contribution < 1.29 is 14.7 Å². The number of carbonyl (C=O) groups is 2. The zero-order valence-corrected chi connectivity index (χ0v) is 8.75. The maximum atomic E-state index is 11.1. The number of carboxylic acids is 1. The Morgan fingerprint density at radius 1 is 1.53 bits per heavy atom. The molecule has 4 heteroatoms. The lowest BCUT2D eigenvalue weighted by Crippen LogP contribution is -2.30. The van der Waals surface area contributed by atoms with E-state index in [0.717, 1.165) is 5.56 Å². The molecule has 0 bridgehead atoms. The summed E-state index contributed by atoms with van der Waals surface area (Å²) in [4.78, 5) is 22.0. The molecule has 2 rings (SSSR count). The van der Waals surface area contributed by atoms with Gasteiger partial charge in [-0.3, -0.25) is 4.79 Å². The van der Waals surface area contributed by atoms with Crippen molar-refractivity contribution in [1.29, 1.82) is 0 Å². The van der Waals surface area contributed by atoms with E-state index in [-0.39, 0.29) is 17.3 Å². The maximum absolute atomic E-state index is 11.1. The third-order valence-electron chi connectivity index (χ3n) is 2.55. The second kappa shape index (κ2) is 3.98. The predicted octanol–water partition coefficient (Wildman–Crippen LogP) is 0.871. The minimum absolute atomic E-state index is 0.115. The highest BCUT2D eigenvalue weighted by atomic mass is 32.1. The van der Waals surface area contributed by atoms with Crippen LogP contribution in [0.2, 0.25) is 0 Å². The van der Waals surface area contributed by atoms with Gasteiger partial charge in [0.05, 0.1) is 5.97 Å². The zero-order valence-electron chi connectivity index (χ0n) is 7.93. The van der Waals surface area contributed by atoms with Gasteiger partial charge in [-0.2, -0.15) is 11.3 Å². The Morgan fingerprint density at radius 3 is 2.93 bits per heavy atom. The lowest BCUT2D eigenvalue weighted by molar-refractivity contribution is -0.299. The Balaban J connectivity index is 2.36. The minimum Gasteiger partial charge on any atom is -0.545 e. The summed E-state index contributed by atoms with van der Waals surface area (Å²) in [5, 5.41) is 14.7. The Hall–Kier alpha value is -1.42. The van der Waals surface area contributed by atoms with Crippen LogP contribution < -0.4 is 5.11 Å². The molecule has 1 aliphatic rings. The normalized spacial score (nSPS) is 21.2. The summed E-state index contributed by atoms with van der Waals surface area (Å²) in [6.07, 6.45) is 2.19. The molecule has 0 N–H and O–H groups in total. The van der Waals surface area contributed by atoms with Crippen LogP contribution in [0.3, 0.4) is 0 Å². The van der Waals surface area contributed by atoms with Crippen molar-refractivity contribution in [3.8, 4) is 0 Å². The van der Waals surface area contributed by atoms with Crippen LogP contribution in [0, 0.1) is 0 Å². The zero-order chi connectivity index (χ0) is 10.8. The van der Waals surface area contributed by atoms with E-state index in [9.17, 15) is 14.7 Å². The summed E-state index contributed by atoms with van der Waals surface area (Å²) in [5.41, 5.74) is 1.08. The van der Waals surface area contributed by atoms with E-state index in [0.29, 0.717) is 12.8 Å². The SMILES string of the molecule is O=C1C=C(C(=O)[O-])C(c2ccsc2)CC1. The monoisotopic (exact) mass is 221 g/mol. The van der Waals surface area contributed by atoms with E-state index in [4.69, 9.17) is 0 Å². The third kappa shape index (κ3) is 1.99. The van der Waals surface area contributed by atoms with Crippen LogP contribution in [0.5, 0.6) is 0 Å². The molecule has 0 aliphatic heterocycles. The number of thiophene rings is 1. The fourth-order valence-corrected chi connectivity index (χ4v) is 2.52. The van der Waals surface area contributed by atoms with Crippen molar-refractivity contribution in [1.82, 2.24) is 0 Å². The van der Waals surface area contributed by atoms with E-state index in [1.54, 1.807) is 0 Å². The largest absolute Gasteiger partial charge is 0.545 e. The van der Waals surface area contributed by atoms with Crippen LogP contribution in [0.4, 0.5) is 0 Å². The number of allylic oxidation sites excluding steroid dienone is 1. The van der Waals surface area contributed by atoms with Crippen molar-refractivity contribution in [3.63, 3.8) is 0 Å². The third-order valence-corrected chi connectivity index (χ3v) is 3.25. The second-order valence-corrected chi connectivity index (χ2v) is 4.28. The molecule has 78 valence electrons. The number of ketones is 1. The summed E-state index contributed by atoms with van der Waals surface area (Å²) in [5.74, 6) is -1.54. The molecule has 0 aromatic carbocycles. The van der Waals surface area contributed by atoms with Gasteiger partial charge in [-0.05, 0) is 40.5 Å². The van der Waals surface area contributed by atoms with E-state index in [1.807, 2.05) is 16.8 Å². The van der Waals surface area contributed by atoms with Crippen LogP contribution in [0.15, 0.2) is 28.5 Å². The molecule has 0 spiro atoms. The van der Waals surface area contributed by atoms with Crippen molar-refractivity contribution in [2.75, 3.05) is 0 Å². The average molecular weight is 221 g/mol. The number of carboxylic acid groups (broad SMARTS) is 1. The van der Waals surface area contributed by atoms with Gasteiger partial charge >= 0.3 is 0 Å². The van der Waals surface area contributed by atoms with E-state index in [2.05, 4.69) is 0 Å². The lowest BCUT2D eigenvalue weighted by Gasteiger charge is -2.23. The first-order chi connectivity index (χ1) is 7.18. The van der Waals surface area contributed by atoms with Gasteiger partial charge in [-0.25, -0.2) is 0 Å². The Bertz CT molecular complexity index is 417. The number of aliphatic carboxylic acids is 1. The molecule has 1 aromatic heterocycles. The molecule has 1 heterocycles. The summed E-state index contributed by atoms with van der Waals surface area (Å²) in [7, 11) is 0. The number of rotatable bonds is 2. The average Bonchev–Trinajstić information content (AvgIpc) is 2.70. The smallest absolute Gasteiger partial charge is 0.156 e. The molecular weight excluding hydrogens is 212 g/mol. The molecule has 0 fully saturated rings. The van der Waals surface area contributed by atoms with Gasteiger partial charge in [0.15, 0.2) is 5.78 Å². The summed E-state index contributed by atoms with van der Waals surface area (Å²) >= 11 is 1.52. The summed E-state index contributed by atoms with van der Waals surface area (Å²) in [6, 6.07) is 1.89. The Kier molecular flexibility index (Phi) is 2.68. The van der Waals surface area contributed by atoms with Crippen LogP contribution >= 0.6 is 11.3 Å². The molecule has 1 aliphatic carbocycles. The maximum Gasteiger partial charge on any atom is 0.156 e. The highest BCUT2D eigenvalue weighted by Crippen LogP contribution is 2.33. The van der Waals surface area contributed by atoms with Crippen LogP contribution in [0.25, 0.3) is 0 Å². The lowest BCUT2D eigenvalue weighted by atomic mass is 9.83. The predicted molar refractivity (Wildman–Crippen MR) is 54.4 cm³/mol. The van der Waals surface area contributed by atoms with E-state index in [1.165, 1.54) is 17.4 Å². The van der Waals surface area contributed by atoms with Crippen LogP contribution in [-0.4, -0.2) is 11.8 Å². The topological polar surface area (TPSA) is 57.2 Å². The molecule has 1 aromatic rings. The standard InChI is InChI=1S/C11H10O3S/c12-8-1-2-9(7-3-4-15-6-7)10(5-8)11(13)14/h3-6,9H,1-2H2,(H,13,14)/p-1. The molecule has 0 amide bonds. The van der Waals surface area contributed by atoms with E-state index >= 15 is 0 Å². The first-order valence-corrected chi connectivity index (χ1v) is 5.60. The molecule has 0 radical (unpaired) electrons. The number of hydrogen-bond acceptors (Lipinski definition) is 4. The van der Waals surface area contributed by atoms with Gasteiger partial charge in [-0.15, -0.1) is 0 Å². The van der Waals surface area contributed by atoms with Gasteiger partial charge in [0, 0.05) is 12.3 Å². The van der Waals surface area contributed by atoms with Gasteiger partial charge in [-0.1, -0.05) is 0 Å². The van der Waals surface area contributed by atoms with Crippen molar-refractivity contribution in [2.24, 2.45) is 0 Å².